The predicted octanol–water partition coefficient (Wildman–Crippen LogP) is -0.0960. The summed E-state index contributed by atoms with van der Waals surface area (Å²) in [4.78, 5) is 21.6. The Morgan fingerprint density at radius 3 is 2.08 bits per heavy atom. The van der Waals surface area contributed by atoms with Crippen molar-refractivity contribution in [1.29, 1.82) is 0 Å². The van der Waals surface area contributed by atoms with Crippen molar-refractivity contribution in [3.63, 3.8) is 0 Å². The SMILES string of the molecule is CC(C)Nc1c(NO)c(=O)c1=O. The summed E-state index contributed by atoms with van der Waals surface area (Å²) in [7, 11) is 0. The van der Waals surface area contributed by atoms with Gasteiger partial charge in [-0.15, -0.1) is 0 Å². The average molecular weight is 170 g/mol. The van der Waals surface area contributed by atoms with Gasteiger partial charge in [-0.25, -0.2) is 0 Å². The Balaban J connectivity index is 2.94. The fourth-order valence-corrected chi connectivity index (χ4v) is 0.925. The molecule has 3 N–H and O–H groups in total. The quantitative estimate of drug-likeness (QED) is 0.436. The van der Waals surface area contributed by atoms with Crippen molar-refractivity contribution in [2.24, 2.45) is 0 Å². The van der Waals surface area contributed by atoms with E-state index in [1.165, 1.54) is 0 Å². The highest BCUT2D eigenvalue weighted by molar-refractivity contribution is 5.73. The summed E-state index contributed by atoms with van der Waals surface area (Å²) in [5.41, 5.74) is 0.538. The molecule has 0 saturated heterocycles. The van der Waals surface area contributed by atoms with Gasteiger partial charge in [0.2, 0.25) is 0 Å². The van der Waals surface area contributed by atoms with E-state index in [2.05, 4.69) is 5.32 Å². The number of anilines is 2. The molecule has 5 heteroatoms. The first-order valence-corrected chi connectivity index (χ1v) is 3.58. The minimum Gasteiger partial charge on any atom is -0.378 e. The highest BCUT2D eigenvalue weighted by Crippen LogP contribution is 2.13. The third-order valence-corrected chi connectivity index (χ3v) is 1.46. The van der Waals surface area contributed by atoms with Crippen LogP contribution in [0.3, 0.4) is 0 Å². The molecule has 0 aliphatic heterocycles. The molecular weight excluding hydrogens is 160 g/mol. The zero-order valence-electron chi connectivity index (χ0n) is 6.84. The van der Waals surface area contributed by atoms with Crippen LogP contribution >= 0.6 is 0 Å². The van der Waals surface area contributed by atoms with E-state index >= 15 is 0 Å². The molecule has 0 bridgehead atoms. The molecule has 0 amide bonds. The van der Waals surface area contributed by atoms with Gasteiger partial charge in [0.1, 0.15) is 11.4 Å². The van der Waals surface area contributed by atoms with E-state index in [9.17, 15) is 9.59 Å². The molecule has 1 rings (SSSR count). The third-order valence-electron chi connectivity index (χ3n) is 1.46. The molecule has 0 fully saturated rings. The third kappa shape index (κ3) is 1.18. The minimum absolute atomic E-state index is 0.0475. The van der Waals surface area contributed by atoms with Crippen LogP contribution in [-0.2, 0) is 0 Å². The molecule has 1 aromatic carbocycles. The van der Waals surface area contributed by atoms with Crippen LogP contribution in [0.5, 0.6) is 0 Å². The molecular formula is C7H10N2O3. The Labute approximate surface area is 68.7 Å². The van der Waals surface area contributed by atoms with Crippen molar-refractivity contribution in [2.75, 3.05) is 10.8 Å². The van der Waals surface area contributed by atoms with E-state index < -0.39 is 10.9 Å². The molecule has 0 aliphatic rings. The molecule has 5 nitrogen and oxygen atoms in total. The van der Waals surface area contributed by atoms with Gasteiger partial charge in [-0.05, 0) is 13.8 Å². The van der Waals surface area contributed by atoms with Crippen LogP contribution in [-0.4, -0.2) is 11.2 Å². The summed E-state index contributed by atoms with van der Waals surface area (Å²) >= 11 is 0. The van der Waals surface area contributed by atoms with E-state index in [4.69, 9.17) is 5.21 Å². The molecule has 0 spiro atoms. The smallest absolute Gasteiger partial charge is 0.255 e. The van der Waals surface area contributed by atoms with Crippen LogP contribution in [0.15, 0.2) is 9.59 Å². The monoisotopic (exact) mass is 170 g/mol. The van der Waals surface area contributed by atoms with Crippen molar-refractivity contribution in [3.05, 3.63) is 20.4 Å². The second-order valence-electron chi connectivity index (χ2n) is 2.82. The van der Waals surface area contributed by atoms with Gasteiger partial charge in [0.15, 0.2) is 0 Å². The zero-order chi connectivity index (χ0) is 9.30. The van der Waals surface area contributed by atoms with Crippen LogP contribution < -0.4 is 21.7 Å². The van der Waals surface area contributed by atoms with Crippen molar-refractivity contribution < 1.29 is 5.21 Å². The van der Waals surface area contributed by atoms with Gasteiger partial charge in [-0.1, -0.05) is 0 Å². The summed E-state index contributed by atoms with van der Waals surface area (Å²) in [5, 5.41) is 11.2. The van der Waals surface area contributed by atoms with E-state index in [1.54, 1.807) is 5.48 Å². The Kier molecular flexibility index (Phi) is 2.14. The van der Waals surface area contributed by atoms with Crippen LogP contribution in [0.4, 0.5) is 11.4 Å². The van der Waals surface area contributed by atoms with Crippen LogP contribution in [0.2, 0.25) is 0 Å². The number of nitrogens with one attached hydrogen (secondary N) is 2. The Hall–Kier alpha value is -1.36. The topological polar surface area (TPSA) is 78.4 Å². The molecule has 0 aliphatic carbocycles. The lowest BCUT2D eigenvalue weighted by Gasteiger charge is -2.13. The van der Waals surface area contributed by atoms with E-state index in [1.807, 2.05) is 13.8 Å². The summed E-state index contributed by atoms with van der Waals surface area (Å²) in [6, 6.07) is 0.0559. The van der Waals surface area contributed by atoms with Crippen molar-refractivity contribution in [1.82, 2.24) is 0 Å². The molecule has 0 radical (unpaired) electrons. The lowest BCUT2D eigenvalue weighted by Crippen LogP contribution is -2.38. The highest BCUT2D eigenvalue weighted by Gasteiger charge is 2.20. The number of hydrogen-bond donors (Lipinski definition) is 3. The summed E-state index contributed by atoms with van der Waals surface area (Å²) in [5.74, 6) is 0. The van der Waals surface area contributed by atoms with Crippen molar-refractivity contribution in [3.8, 4) is 0 Å². The molecule has 0 unspecified atom stereocenters. The highest BCUT2D eigenvalue weighted by atomic mass is 16.5. The first-order valence-electron chi connectivity index (χ1n) is 3.58. The lowest BCUT2D eigenvalue weighted by molar-refractivity contribution is 0.387. The average Bonchev–Trinajstić information content (AvgIpc) is 2.03. The normalized spacial score (nSPS) is 10.7. The number of hydrogen-bond acceptors (Lipinski definition) is 5. The molecule has 1 aromatic rings. The molecule has 66 valence electrons. The molecule has 0 heterocycles. The molecule has 0 aromatic heterocycles. The molecule has 0 atom stereocenters. The van der Waals surface area contributed by atoms with E-state index in [-0.39, 0.29) is 17.4 Å². The maximum Gasteiger partial charge on any atom is 0.255 e. The fourth-order valence-electron chi connectivity index (χ4n) is 0.925. The largest absolute Gasteiger partial charge is 0.378 e. The van der Waals surface area contributed by atoms with E-state index in [0.29, 0.717) is 0 Å². The maximum atomic E-state index is 10.8. The Morgan fingerprint density at radius 2 is 1.67 bits per heavy atom. The van der Waals surface area contributed by atoms with Crippen LogP contribution in [0, 0.1) is 0 Å². The van der Waals surface area contributed by atoms with Gasteiger partial charge in [0.05, 0.1) is 0 Å². The first-order chi connectivity index (χ1) is 5.57. The van der Waals surface area contributed by atoms with Gasteiger partial charge >= 0.3 is 0 Å². The summed E-state index contributed by atoms with van der Waals surface area (Å²) in [6.07, 6.45) is 0. The fraction of sp³-hybridized carbons (Fsp3) is 0.429. The van der Waals surface area contributed by atoms with Crippen molar-refractivity contribution >= 4 is 11.4 Å². The zero-order valence-corrected chi connectivity index (χ0v) is 6.84. The molecule has 12 heavy (non-hydrogen) atoms. The van der Waals surface area contributed by atoms with Crippen LogP contribution in [0.1, 0.15) is 13.8 Å². The second kappa shape index (κ2) is 2.94. The first kappa shape index (κ1) is 8.73. The van der Waals surface area contributed by atoms with Gasteiger partial charge in [-0.3, -0.25) is 20.3 Å². The predicted molar refractivity (Wildman–Crippen MR) is 45.5 cm³/mol. The Morgan fingerprint density at radius 1 is 1.17 bits per heavy atom. The van der Waals surface area contributed by atoms with Gasteiger partial charge < -0.3 is 5.32 Å². The molecule has 0 saturated carbocycles. The second-order valence-corrected chi connectivity index (χ2v) is 2.82. The van der Waals surface area contributed by atoms with Gasteiger partial charge in [-0.2, -0.15) is 0 Å². The minimum atomic E-state index is -0.680. The summed E-state index contributed by atoms with van der Waals surface area (Å²) < 4.78 is 0. The van der Waals surface area contributed by atoms with Crippen molar-refractivity contribution in [2.45, 2.75) is 19.9 Å². The summed E-state index contributed by atoms with van der Waals surface area (Å²) in [6.45, 7) is 3.66. The Bertz CT molecular complexity index is 349. The lowest BCUT2D eigenvalue weighted by atomic mass is 10.2. The maximum absolute atomic E-state index is 10.8. The van der Waals surface area contributed by atoms with Gasteiger partial charge in [0, 0.05) is 6.04 Å². The number of rotatable bonds is 3. The standard InChI is InChI=1S/C7H10N2O3/c1-3(2)8-4-5(9-12)7(11)6(4)10/h3,8-9,12H,1-2H3. The van der Waals surface area contributed by atoms with Crippen LogP contribution in [0.25, 0.3) is 0 Å². The van der Waals surface area contributed by atoms with Gasteiger partial charge in [0.25, 0.3) is 10.9 Å². The van der Waals surface area contributed by atoms with E-state index in [0.717, 1.165) is 0 Å².